The summed E-state index contributed by atoms with van der Waals surface area (Å²) in [6.07, 6.45) is 6.91. The van der Waals surface area contributed by atoms with E-state index in [2.05, 4.69) is 60.4 Å². The molecule has 3 unspecified atom stereocenters. The number of thiophene rings is 1. The van der Waals surface area contributed by atoms with Crippen LogP contribution in [0.1, 0.15) is 70.6 Å². The van der Waals surface area contributed by atoms with Crippen LogP contribution in [0.3, 0.4) is 0 Å². The highest BCUT2D eigenvalue weighted by Gasteiger charge is 2.33. The molecule has 0 aliphatic heterocycles. The minimum atomic E-state index is 0.220. The first-order valence-electron chi connectivity index (χ1n) is 8.38. The van der Waals surface area contributed by atoms with E-state index in [9.17, 15) is 0 Å². The van der Waals surface area contributed by atoms with Gasteiger partial charge in [-0.2, -0.15) is 0 Å². The summed E-state index contributed by atoms with van der Waals surface area (Å²) >= 11 is 5.71. The molecule has 2 rings (SSSR count). The Bertz CT molecular complexity index is 435. The second-order valence-electron chi connectivity index (χ2n) is 7.60. The molecule has 0 bridgehead atoms. The molecule has 0 aromatic carbocycles. The lowest BCUT2D eigenvalue weighted by Crippen LogP contribution is -2.41. The van der Waals surface area contributed by atoms with Crippen molar-refractivity contribution >= 4 is 27.3 Å². The van der Waals surface area contributed by atoms with E-state index in [1.807, 2.05) is 11.3 Å². The minimum absolute atomic E-state index is 0.220. The first kappa shape index (κ1) is 17.5. The van der Waals surface area contributed by atoms with Gasteiger partial charge in [-0.1, -0.05) is 26.2 Å². The normalized spacial score (nSPS) is 27.0. The summed E-state index contributed by atoms with van der Waals surface area (Å²) < 4.78 is 1.33. The third-order valence-electron chi connectivity index (χ3n) is 4.68. The summed E-state index contributed by atoms with van der Waals surface area (Å²) in [7, 11) is 0. The van der Waals surface area contributed by atoms with Gasteiger partial charge in [-0.25, -0.2) is 0 Å². The summed E-state index contributed by atoms with van der Waals surface area (Å²) in [5.41, 5.74) is 0.220. The third kappa shape index (κ3) is 5.07. The second-order valence-corrected chi connectivity index (χ2v) is 9.40. The molecule has 3 atom stereocenters. The van der Waals surface area contributed by atoms with E-state index in [0.29, 0.717) is 0 Å². The fourth-order valence-corrected chi connectivity index (χ4v) is 5.44. The predicted molar refractivity (Wildman–Crippen MR) is 98.3 cm³/mol. The van der Waals surface area contributed by atoms with Crippen LogP contribution in [0.25, 0.3) is 0 Å². The Balaban J connectivity index is 2.09. The van der Waals surface area contributed by atoms with Gasteiger partial charge >= 0.3 is 0 Å². The molecule has 120 valence electrons. The molecule has 0 amide bonds. The smallest absolute Gasteiger partial charge is 0.0317 e. The van der Waals surface area contributed by atoms with Crippen LogP contribution in [-0.4, -0.2) is 12.1 Å². The summed E-state index contributed by atoms with van der Waals surface area (Å²) in [4.78, 5) is 1.58. The van der Waals surface area contributed by atoms with Crippen LogP contribution in [0, 0.1) is 11.8 Å². The lowest BCUT2D eigenvalue weighted by Gasteiger charge is -2.38. The van der Waals surface area contributed by atoms with Gasteiger partial charge in [-0.05, 0) is 85.3 Å². The minimum Gasteiger partial charge on any atom is -0.312 e. The Morgan fingerprint density at radius 1 is 1.33 bits per heavy atom. The molecular weight excluding hydrogens is 342 g/mol. The quantitative estimate of drug-likeness (QED) is 0.649. The number of halogens is 1. The average Bonchev–Trinajstić information content (AvgIpc) is 2.83. The molecule has 1 aromatic rings. The molecule has 1 N–H and O–H groups in total. The van der Waals surface area contributed by atoms with Crippen molar-refractivity contribution in [3.8, 4) is 0 Å². The highest BCUT2D eigenvalue weighted by atomic mass is 79.9. The maximum atomic E-state index is 3.77. The molecular formula is C18H30BrNS. The van der Waals surface area contributed by atoms with Crippen molar-refractivity contribution in [2.45, 2.75) is 71.3 Å². The maximum absolute atomic E-state index is 3.77. The Kier molecular flexibility index (Phi) is 6.34. The van der Waals surface area contributed by atoms with Gasteiger partial charge in [0, 0.05) is 14.9 Å². The van der Waals surface area contributed by atoms with Crippen molar-refractivity contribution in [2.24, 2.45) is 11.8 Å². The van der Waals surface area contributed by atoms with E-state index in [1.165, 1.54) is 36.6 Å². The number of hydrogen-bond acceptors (Lipinski definition) is 2. The first-order valence-corrected chi connectivity index (χ1v) is 10.1. The van der Waals surface area contributed by atoms with Crippen LogP contribution in [0.15, 0.2) is 15.9 Å². The van der Waals surface area contributed by atoms with Gasteiger partial charge in [0.15, 0.2) is 0 Å². The lowest BCUT2D eigenvalue weighted by atomic mass is 9.72. The van der Waals surface area contributed by atoms with Gasteiger partial charge in [0.2, 0.25) is 0 Å². The molecule has 1 saturated carbocycles. The molecule has 0 saturated heterocycles. The van der Waals surface area contributed by atoms with Gasteiger partial charge in [0.25, 0.3) is 0 Å². The van der Waals surface area contributed by atoms with Gasteiger partial charge in [-0.15, -0.1) is 11.3 Å². The Hall–Kier alpha value is 0.140. The van der Waals surface area contributed by atoms with Crippen LogP contribution in [0.2, 0.25) is 0 Å². The van der Waals surface area contributed by atoms with E-state index < -0.39 is 0 Å². The summed E-state index contributed by atoms with van der Waals surface area (Å²) in [6, 6.07) is 2.22. The van der Waals surface area contributed by atoms with Gasteiger partial charge in [0.1, 0.15) is 0 Å². The summed E-state index contributed by atoms with van der Waals surface area (Å²) in [6.45, 7) is 10.3. The van der Waals surface area contributed by atoms with Crippen molar-refractivity contribution in [3.63, 3.8) is 0 Å². The van der Waals surface area contributed by atoms with Crippen LogP contribution in [0.5, 0.6) is 0 Å². The van der Waals surface area contributed by atoms with Gasteiger partial charge in [-0.3, -0.25) is 0 Å². The average molecular weight is 372 g/mol. The maximum Gasteiger partial charge on any atom is 0.0317 e. The molecule has 3 heteroatoms. The number of rotatable bonds is 5. The molecule has 0 radical (unpaired) electrons. The fourth-order valence-electron chi connectivity index (χ4n) is 3.56. The van der Waals surface area contributed by atoms with Crippen molar-refractivity contribution in [3.05, 3.63) is 20.8 Å². The molecule has 1 fully saturated rings. The van der Waals surface area contributed by atoms with E-state index in [4.69, 9.17) is 0 Å². The third-order valence-corrected chi connectivity index (χ3v) is 6.68. The van der Waals surface area contributed by atoms with E-state index in [-0.39, 0.29) is 5.54 Å². The number of nitrogens with one attached hydrogen (secondary N) is 1. The zero-order chi connectivity index (χ0) is 15.5. The largest absolute Gasteiger partial charge is 0.312 e. The molecule has 21 heavy (non-hydrogen) atoms. The molecule has 1 heterocycles. The van der Waals surface area contributed by atoms with Crippen LogP contribution in [-0.2, 0) is 0 Å². The Labute approximate surface area is 143 Å². The van der Waals surface area contributed by atoms with Crippen molar-refractivity contribution < 1.29 is 0 Å². The Morgan fingerprint density at radius 2 is 2.10 bits per heavy atom. The van der Waals surface area contributed by atoms with Crippen LogP contribution in [0.4, 0.5) is 0 Å². The van der Waals surface area contributed by atoms with E-state index in [1.54, 1.807) is 4.88 Å². The van der Waals surface area contributed by atoms with Crippen molar-refractivity contribution in [1.29, 1.82) is 0 Å². The van der Waals surface area contributed by atoms with Crippen LogP contribution >= 0.6 is 27.3 Å². The Morgan fingerprint density at radius 3 is 2.67 bits per heavy atom. The standard InChI is InChI=1S/C18H30BrNS/c1-5-6-13-7-8-14(12-20-18(2,3)4)15(11-13)17-16(19)9-10-21-17/h9-10,13-15,20H,5-8,11-12H2,1-4H3. The highest BCUT2D eigenvalue weighted by Crippen LogP contribution is 2.46. The molecule has 1 aromatic heterocycles. The summed E-state index contributed by atoms with van der Waals surface area (Å²) in [5.74, 6) is 2.45. The number of hydrogen-bond donors (Lipinski definition) is 1. The lowest BCUT2D eigenvalue weighted by molar-refractivity contribution is 0.211. The molecule has 1 aliphatic rings. The predicted octanol–water partition coefficient (Wildman–Crippen LogP) is 6.20. The SMILES string of the molecule is CCCC1CCC(CNC(C)(C)C)C(c2sccc2Br)C1. The fraction of sp³-hybridized carbons (Fsp3) is 0.778. The van der Waals surface area contributed by atoms with E-state index >= 15 is 0 Å². The molecule has 1 nitrogen and oxygen atoms in total. The topological polar surface area (TPSA) is 12.0 Å². The molecule has 0 spiro atoms. The van der Waals surface area contributed by atoms with Crippen LogP contribution < -0.4 is 5.32 Å². The van der Waals surface area contributed by atoms with Crippen molar-refractivity contribution in [1.82, 2.24) is 5.32 Å². The second kappa shape index (κ2) is 7.61. The van der Waals surface area contributed by atoms with Crippen molar-refractivity contribution in [2.75, 3.05) is 6.54 Å². The van der Waals surface area contributed by atoms with Gasteiger partial charge in [0.05, 0.1) is 0 Å². The summed E-state index contributed by atoms with van der Waals surface area (Å²) in [5, 5.41) is 5.97. The first-order chi connectivity index (χ1) is 9.90. The molecule has 1 aliphatic carbocycles. The van der Waals surface area contributed by atoms with Gasteiger partial charge < -0.3 is 5.32 Å². The highest BCUT2D eigenvalue weighted by molar-refractivity contribution is 9.10. The van der Waals surface area contributed by atoms with E-state index in [0.717, 1.165) is 24.3 Å². The zero-order valence-corrected chi connectivity index (χ0v) is 16.3. The zero-order valence-electron chi connectivity index (χ0n) is 13.9. The monoisotopic (exact) mass is 371 g/mol.